The molecule has 5 nitrogen and oxygen atoms in total. The van der Waals surface area contributed by atoms with E-state index < -0.39 is 5.97 Å². The van der Waals surface area contributed by atoms with E-state index in [2.05, 4.69) is 5.16 Å². The number of carbonyl (C=O) groups is 2. The minimum atomic E-state index is -0.464. The van der Waals surface area contributed by atoms with Crippen molar-refractivity contribution in [3.63, 3.8) is 0 Å². The molecule has 0 fully saturated rings. The fourth-order valence-corrected chi connectivity index (χ4v) is 4.92. The van der Waals surface area contributed by atoms with Crippen LogP contribution in [0, 0.1) is 6.92 Å². The number of ketones is 1. The number of carbonyl (C=O) groups excluding carboxylic acids is 2. The van der Waals surface area contributed by atoms with Crippen LogP contribution in [0.5, 0.6) is 0 Å². The lowest BCUT2D eigenvalue weighted by Crippen LogP contribution is -2.08. The summed E-state index contributed by atoms with van der Waals surface area (Å²) in [5.74, 6) is 0.509. The minimum absolute atomic E-state index is 0.131. The normalized spacial score (nSPS) is 11.5. The fourth-order valence-electron chi connectivity index (χ4n) is 4.07. The molecule has 5 aromatic rings. The summed E-state index contributed by atoms with van der Waals surface area (Å²) in [5, 5.41) is 5.05. The summed E-state index contributed by atoms with van der Waals surface area (Å²) in [4.78, 5) is 30.3. The Bertz CT molecular complexity index is 1600. The van der Waals surface area contributed by atoms with Crippen molar-refractivity contribution in [2.24, 2.45) is 5.16 Å². The molecule has 0 atom stereocenters. The molecule has 0 amide bonds. The SMILES string of the molecule is CC(=O)ON=C(c1ccc(CSc2ccc(C(=O)c3cc4ccccc4o3)cc2)cc1)c1ccccc1C. The quantitative estimate of drug-likeness (QED) is 0.0695. The van der Waals surface area contributed by atoms with Gasteiger partial charge in [-0.3, -0.25) is 4.79 Å². The molecular formula is C32H25NO4S. The molecule has 4 aromatic carbocycles. The smallest absolute Gasteiger partial charge is 0.332 e. The molecule has 0 radical (unpaired) electrons. The Morgan fingerprint density at radius 3 is 2.24 bits per heavy atom. The maximum atomic E-state index is 12.9. The van der Waals surface area contributed by atoms with Gasteiger partial charge in [0.15, 0.2) is 5.76 Å². The standard InChI is InChI=1S/C32H25NO4S/c1-21-7-3-5-9-28(21)31(33-37-22(2)34)24-13-11-23(12-14-24)20-38-27-17-15-25(16-18-27)32(35)30-19-26-8-4-6-10-29(26)36-30/h3-19H,20H2,1-2H3. The monoisotopic (exact) mass is 519 g/mol. The Labute approximate surface area is 225 Å². The number of para-hydroxylation sites is 1. The molecule has 6 heteroatoms. The van der Waals surface area contributed by atoms with Gasteiger partial charge < -0.3 is 9.25 Å². The summed E-state index contributed by atoms with van der Waals surface area (Å²) >= 11 is 1.69. The van der Waals surface area contributed by atoms with Crippen LogP contribution in [0.25, 0.3) is 11.0 Å². The largest absolute Gasteiger partial charge is 0.453 e. The molecule has 0 bridgehead atoms. The molecule has 1 aromatic heterocycles. The fraction of sp³-hybridized carbons (Fsp3) is 0.0938. The zero-order valence-corrected chi connectivity index (χ0v) is 21.8. The van der Waals surface area contributed by atoms with Gasteiger partial charge in [-0.25, -0.2) is 4.79 Å². The minimum Gasteiger partial charge on any atom is -0.453 e. The van der Waals surface area contributed by atoms with Gasteiger partial charge in [-0.05, 0) is 54.4 Å². The second-order valence-corrected chi connectivity index (χ2v) is 9.87. The Kier molecular flexibility index (Phi) is 7.52. The average Bonchev–Trinajstić information content (AvgIpc) is 3.38. The number of furan rings is 1. The van der Waals surface area contributed by atoms with Crippen LogP contribution in [0.1, 0.15) is 45.3 Å². The van der Waals surface area contributed by atoms with Crippen LogP contribution in [-0.4, -0.2) is 17.5 Å². The molecule has 0 N–H and O–H groups in total. The molecule has 0 unspecified atom stereocenters. The van der Waals surface area contributed by atoms with E-state index in [1.807, 2.05) is 104 Å². The second-order valence-electron chi connectivity index (χ2n) is 8.83. The third-order valence-corrected chi connectivity index (χ3v) is 7.15. The zero-order valence-electron chi connectivity index (χ0n) is 21.0. The van der Waals surface area contributed by atoms with Crippen molar-refractivity contribution in [3.8, 4) is 0 Å². The molecule has 1 heterocycles. The van der Waals surface area contributed by atoms with E-state index in [0.29, 0.717) is 22.6 Å². The van der Waals surface area contributed by atoms with Gasteiger partial charge in [-0.15, -0.1) is 11.8 Å². The van der Waals surface area contributed by atoms with E-state index in [1.165, 1.54) is 6.92 Å². The van der Waals surface area contributed by atoms with E-state index in [9.17, 15) is 9.59 Å². The summed E-state index contributed by atoms with van der Waals surface area (Å²) in [6.07, 6.45) is 0. The third-order valence-electron chi connectivity index (χ3n) is 6.06. The first kappa shape index (κ1) is 25.2. The van der Waals surface area contributed by atoms with Gasteiger partial charge in [0.1, 0.15) is 11.3 Å². The van der Waals surface area contributed by atoms with E-state index in [-0.39, 0.29) is 5.78 Å². The van der Waals surface area contributed by atoms with Crippen molar-refractivity contribution in [2.75, 3.05) is 0 Å². The van der Waals surface area contributed by atoms with Crippen molar-refractivity contribution < 1.29 is 18.8 Å². The van der Waals surface area contributed by atoms with Crippen molar-refractivity contribution in [3.05, 3.63) is 137 Å². The Morgan fingerprint density at radius 2 is 1.53 bits per heavy atom. The number of benzene rings is 4. The molecule has 5 rings (SSSR count). The summed E-state index contributed by atoms with van der Waals surface area (Å²) in [5.41, 5.74) is 5.86. The Hall–Kier alpha value is -4.42. The number of hydrogen-bond acceptors (Lipinski definition) is 6. The summed E-state index contributed by atoms with van der Waals surface area (Å²) < 4.78 is 5.72. The van der Waals surface area contributed by atoms with Crippen molar-refractivity contribution >= 4 is 40.2 Å². The highest BCUT2D eigenvalue weighted by Crippen LogP contribution is 2.26. The summed E-state index contributed by atoms with van der Waals surface area (Å²) in [7, 11) is 0. The van der Waals surface area contributed by atoms with E-state index in [4.69, 9.17) is 9.25 Å². The average molecular weight is 520 g/mol. The topological polar surface area (TPSA) is 68.9 Å². The number of rotatable bonds is 8. The maximum absolute atomic E-state index is 12.9. The predicted molar refractivity (Wildman–Crippen MR) is 151 cm³/mol. The van der Waals surface area contributed by atoms with Gasteiger partial charge in [-0.2, -0.15) is 0 Å². The van der Waals surface area contributed by atoms with Crippen LogP contribution in [0.4, 0.5) is 0 Å². The van der Waals surface area contributed by atoms with Crippen molar-refractivity contribution in [1.29, 1.82) is 0 Å². The third kappa shape index (κ3) is 5.76. The first-order chi connectivity index (χ1) is 18.5. The Balaban J connectivity index is 1.26. The van der Waals surface area contributed by atoms with Gasteiger partial charge in [0.2, 0.25) is 5.78 Å². The number of aryl methyl sites for hydroxylation is 1. The predicted octanol–water partition coefficient (Wildman–Crippen LogP) is 7.58. The number of hydrogen-bond donors (Lipinski definition) is 0. The van der Waals surface area contributed by atoms with Crippen LogP contribution in [0.3, 0.4) is 0 Å². The van der Waals surface area contributed by atoms with E-state index in [1.54, 1.807) is 17.8 Å². The molecule has 0 spiro atoms. The number of nitrogens with zero attached hydrogens (tertiary/aromatic N) is 1. The summed E-state index contributed by atoms with van der Waals surface area (Å²) in [6, 6.07) is 32.9. The second kappa shape index (κ2) is 11.3. The van der Waals surface area contributed by atoms with Gasteiger partial charge in [-0.1, -0.05) is 71.9 Å². The number of oxime groups is 1. The molecule has 0 saturated carbocycles. The summed E-state index contributed by atoms with van der Waals surface area (Å²) in [6.45, 7) is 3.33. The highest BCUT2D eigenvalue weighted by Gasteiger charge is 2.15. The highest BCUT2D eigenvalue weighted by atomic mass is 32.2. The van der Waals surface area contributed by atoms with Crippen LogP contribution < -0.4 is 0 Å². The Morgan fingerprint density at radius 1 is 0.842 bits per heavy atom. The molecule has 0 aliphatic carbocycles. The van der Waals surface area contributed by atoms with Crippen molar-refractivity contribution in [2.45, 2.75) is 24.5 Å². The molecule has 0 saturated heterocycles. The molecule has 0 aliphatic rings. The van der Waals surface area contributed by atoms with Gasteiger partial charge in [0.25, 0.3) is 0 Å². The number of fused-ring (bicyclic) bond motifs is 1. The molecular weight excluding hydrogens is 494 g/mol. The highest BCUT2D eigenvalue weighted by molar-refractivity contribution is 7.98. The van der Waals surface area contributed by atoms with Gasteiger partial charge in [0.05, 0.1) is 0 Å². The first-order valence-corrected chi connectivity index (χ1v) is 13.1. The molecule has 0 aliphatic heterocycles. The van der Waals surface area contributed by atoms with Gasteiger partial charge >= 0.3 is 5.97 Å². The first-order valence-electron chi connectivity index (χ1n) is 12.1. The van der Waals surface area contributed by atoms with Crippen molar-refractivity contribution in [1.82, 2.24) is 0 Å². The van der Waals surface area contributed by atoms with Gasteiger partial charge in [0, 0.05) is 39.6 Å². The van der Waals surface area contributed by atoms with E-state index in [0.717, 1.165) is 38.3 Å². The zero-order chi connectivity index (χ0) is 26.5. The maximum Gasteiger partial charge on any atom is 0.332 e. The molecule has 38 heavy (non-hydrogen) atoms. The van der Waals surface area contributed by atoms with Crippen LogP contribution in [0.2, 0.25) is 0 Å². The lowest BCUT2D eigenvalue weighted by molar-refractivity contribution is -0.140. The molecule has 188 valence electrons. The van der Waals surface area contributed by atoms with Crippen LogP contribution in [-0.2, 0) is 15.4 Å². The lowest BCUT2D eigenvalue weighted by Gasteiger charge is -2.10. The number of thioether (sulfide) groups is 1. The van der Waals surface area contributed by atoms with E-state index >= 15 is 0 Å². The van der Waals surface area contributed by atoms with Crippen LogP contribution in [0.15, 0.2) is 118 Å². The lowest BCUT2D eigenvalue weighted by atomic mass is 9.98. The van der Waals surface area contributed by atoms with Crippen LogP contribution >= 0.6 is 11.8 Å².